The fourth-order valence-electron chi connectivity index (χ4n) is 1.57. The number of ether oxygens (including phenoxy) is 1. The molecule has 0 amide bonds. The molecule has 0 aromatic heterocycles. The Labute approximate surface area is 119 Å². The molecule has 3 nitrogen and oxygen atoms in total. The van der Waals surface area contributed by atoms with E-state index < -0.39 is 26.3 Å². The van der Waals surface area contributed by atoms with Crippen LogP contribution in [0.25, 0.3) is 0 Å². The van der Waals surface area contributed by atoms with Crippen molar-refractivity contribution in [3.8, 4) is 11.5 Å². The highest BCUT2D eigenvalue weighted by Crippen LogP contribution is 2.26. The molecule has 112 valence electrons. The topological polar surface area (TPSA) is 43.4 Å². The maximum absolute atomic E-state index is 13.3. The van der Waals surface area contributed by atoms with Crippen molar-refractivity contribution in [2.75, 3.05) is 0 Å². The zero-order valence-corrected chi connectivity index (χ0v) is 11.7. The molecular formula is C14H11F3O3S. The van der Waals surface area contributed by atoms with Gasteiger partial charge in [-0.05, 0) is 42.8 Å². The van der Waals surface area contributed by atoms with Crippen LogP contribution < -0.4 is 4.74 Å². The first kappa shape index (κ1) is 15.4. The SMILES string of the molecule is Cc1ccc(Oc2ccc(S(=O)(=O)C(F)F)cc2)cc1F. The standard InChI is InChI=1S/C14H11F3O3S/c1-9-2-3-11(8-13(9)15)20-10-4-6-12(7-5-10)21(18,19)14(16)17/h2-8,14H,1H3. The van der Waals surface area contributed by atoms with Crippen LogP contribution in [0, 0.1) is 12.7 Å². The highest BCUT2D eigenvalue weighted by atomic mass is 32.2. The van der Waals surface area contributed by atoms with Crippen LogP contribution in [-0.2, 0) is 9.84 Å². The molecule has 2 aromatic rings. The van der Waals surface area contributed by atoms with Crippen molar-refractivity contribution < 1.29 is 26.3 Å². The van der Waals surface area contributed by atoms with Gasteiger partial charge in [0.2, 0.25) is 9.84 Å². The fraction of sp³-hybridized carbons (Fsp3) is 0.143. The summed E-state index contributed by atoms with van der Waals surface area (Å²) in [5.41, 5.74) is 0.459. The Morgan fingerprint density at radius 2 is 1.57 bits per heavy atom. The summed E-state index contributed by atoms with van der Waals surface area (Å²) in [5, 5.41) is 0. The Morgan fingerprint density at radius 3 is 2.10 bits per heavy atom. The lowest BCUT2D eigenvalue weighted by atomic mass is 10.2. The maximum Gasteiger partial charge on any atom is 0.341 e. The van der Waals surface area contributed by atoms with Crippen LogP contribution in [0.15, 0.2) is 47.4 Å². The summed E-state index contributed by atoms with van der Waals surface area (Å²) in [4.78, 5) is -0.500. The van der Waals surface area contributed by atoms with Crippen LogP contribution in [0.1, 0.15) is 5.56 Å². The van der Waals surface area contributed by atoms with Crippen molar-refractivity contribution in [2.24, 2.45) is 0 Å². The third-order valence-corrected chi connectivity index (χ3v) is 4.16. The minimum Gasteiger partial charge on any atom is -0.457 e. The van der Waals surface area contributed by atoms with Crippen LogP contribution in [0.2, 0.25) is 0 Å². The Kier molecular flexibility index (Phi) is 4.22. The van der Waals surface area contributed by atoms with E-state index in [-0.39, 0.29) is 11.5 Å². The first-order valence-electron chi connectivity index (χ1n) is 5.87. The van der Waals surface area contributed by atoms with Crippen LogP contribution in [-0.4, -0.2) is 14.2 Å². The van der Waals surface area contributed by atoms with Crippen LogP contribution >= 0.6 is 0 Å². The predicted octanol–water partition coefficient (Wildman–Crippen LogP) is 3.92. The van der Waals surface area contributed by atoms with Gasteiger partial charge in [0.25, 0.3) is 0 Å². The fourth-order valence-corrected chi connectivity index (χ4v) is 2.29. The number of benzene rings is 2. The Hall–Kier alpha value is -2.02. The van der Waals surface area contributed by atoms with Crippen molar-refractivity contribution in [1.29, 1.82) is 0 Å². The number of aryl methyl sites for hydroxylation is 1. The average Bonchev–Trinajstić information content (AvgIpc) is 2.43. The van der Waals surface area contributed by atoms with Gasteiger partial charge in [-0.3, -0.25) is 0 Å². The Bertz CT molecular complexity index is 741. The van der Waals surface area contributed by atoms with Crippen molar-refractivity contribution in [3.63, 3.8) is 0 Å². The zero-order valence-electron chi connectivity index (χ0n) is 10.9. The van der Waals surface area contributed by atoms with Crippen molar-refractivity contribution in [3.05, 3.63) is 53.8 Å². The van der Waals surface area contributed by atoms with Crippen LogP contribution in [0.3, 0.4) is 0 Å². The van der Waals surface area contributed by atoms with E-state index in [1.54, 1.807) is 13.0 Å². The van der Waals surface area contributed by atoms with E-state index in [4.69, 9.17) is 4.74 Å². The largest absolute Gasteiger partial charge is 0.457 e. The van der Waals surface area contributed by atoms with Gasteiger partial charge < -0.3 is 4.74 Å². The van der Waals surface area contributed by atoms with Gasteiger partial charge >= 0.3 is 5.76 Å². The molecule has 0 fully saturated rings. The molecule has 7 heteroatoms. The molecule has 0 bridgehead atoms. The molecule has 0 unspecified atom stereocenters. The summed E-state index contributed by atoms with van der Waals surface area (Å²) in [7, 11) is -4.63. The van der Waals surface area contributed by atoms with Crippen molar-refractivity contribution >= 4 is 9.84 Å². The van der Waals surface area contributed by atoms with Gasteiger partial charge in [0.05, 0.1) is 4.90 Å². The summed E-state index contributed by atoms with van der Waals surface area (Å²) >= 11 is 0. The second-order valence-corrected chi connectivity index (χ2v) is 6.21. The summed E-state index contributed by atoms with van der Waals surface area (Å²) in [6.45, 7) is 1.60. The molecular weight excluding hydrogens is 305 g/mol. The first-order valence-corrected chi connectivity index (χ1v) is 7.41. The predicted molar refractivity (Wildman–Crippen MR) is 70.8 cm³/mol. The number of hydrogen-bond acceptors (Lipinski definition) is 3. The quantitative estimate of drug-likeness (QED) is 0.858. The summed E-state index contributed by atoms with van der Waals surface area (Å²) in [5.74, 6) is -3.48. The summed E-state index contributed by atoms with van der Waals surface area (Å²) < 4.78 is 65.9. The van der Waals surface area contributed by atoms with E-state index in [1.165, 1.54) is 24.3 Å². The third-order valence-electron chi connectivity index (χ3n) is 2.77. The Balaban J connectivity index is 2.22. The number of alkyl halides is 2. The van der Waals surface area contributed by atoms with E-state index in [0.717, 1.165) is 12.1 Å². The highest BCUT2D eigenvalue weighted by molar-refractivity contribution is 7.91. The molecule has 21 heavy (non-hydrogen) atoms. The molecule has 2 aromatic carbocycles. The molecule has 0 aliphatic carbocycles. The summed E-state index contributed by atoms with van der Waals surface area (Å²) in [6.07, 6.45) is 0. The van der Waals surface area contributed by atoms with Crippen LogP contribution in [0.4, 0.5) is 13.2 Å². The van der Waals surface area contributed by atoms with Gasteiger partial charge in [-0.2, -0.15) is 8.78 Å². The van der Waals surface area contributed by atoms with E-state index in [0.29, 0.717) is 5.56 Å². The van der Waals surface area contributed by atoms with E-state index >= 15 is 0 Å². The first-order chi connectivity index (χ1) is 9.80. The van der Waals surface area contributed by atoms with Gasteiger partial charge in [-0.25, -0.2) is 12.8 Å². The minimum absolute atomic E-state index is 0.214. The number of halogens is 3. The molecule has 0 aliphatic rings. The van der Waals surface area contributed by atoms with E-state index in [2.05, 4.69) is 0 Å². The lowest BCUT2D eigenvalue weighted by Gasteiger charge is -2.08. The van der Waals surface area contributed by atoms with Gasteiger partial charge in [-0.15, -0.1) is 0 Å². The lowest BCUT2D eigenvalue weighted by molar-refractivity contribution is 0.234. The van der Waals surface area contributed by atoms with Gasteiger partial charge in [-0.1, -0.05) is 6.07 Å². The molecule has 0 saturated heterocycles. The van der Waals surface area contributed by atoms with E-state index in [9.17, 15) is 21.6 Å². The Morgan fingerprint density at radius 1 is 1.00 bits per heavy atom. The number of rotatable bonds is 4. The molecule has 0 heterocycles. The zero-order chi connectivity index (χ0) is 15.6. The third kappa shape index (κ3) is 3.36. The number of sulfone groups is 1. The van der Waals surface area contributed by atoms with Gasteiger partial charge in [0, 0.05) is 6.07 Å². The lowest BCUT2D eigenvalue weighted by Crippen LogP contribution is -2.11. The molecule has 0 radical (unpaired) electrons. The van der Waals surface area contributed by atoms with Crippen molar-refractivity contribution in [2.45, 2.75) is 17.6 Å². The average molecular weight is 316 g/mol. The van der Waals surface area contributed by atoms with Crippen LogP contribution in [0.5, 0.6) is 11.5 Å². The van der Waals surface area contributed by atoms with E-state index in [1.807, 2.05) is 0 Å². The molecule has 0 saturated carbocycles. The monoisotopic (exact) mass is 316 g/mol. The molecule has 0 aliphatic heterocycles. The normalized spacial score (nSPS) is 11.7. The molecule has 0 atom stereocenters. The maximum atomic E-state index is 13.3. The van der Waals surface area contributed by atoms with Crippen molar-refractivity contribution in [1.82, 2.24) is 0 Å². The molecule has 2 rings (SSSR count). The smallest absolute Gasteiger partial charge is 0.341 e. The second kappa shape index (κ2) is 5.77. The highest BCUT2D eigenvalue weighted by Gasteiger charge is 2.26. The van der Waals surface area contributed by atoms with Gasteiger partial charge in [0.15, 0.2) is 0 Å². The molecule has 0 N–H and O–H groups in total. The summed E-state index contributed by atoms with van der Waals surface area (Å²) in [6, 6.07) is 8.74. The van der Waals surface area contributed by atoms with Gasteiger partial charge in [0.1, 0.15) is 17.3 Å². The second-order valence-electron chi connectivity index (χ2n) is 4.29. The minimum atomic E-state index is -4.63. The number of hydrogen-bond donors (Lipinski definition) is 0. The molecule has 0 spiro atoms.